The maximum absolute atomic E-state index is 5.65. The zero-order chi connectivity index (χ0) is 17.6. The van der Waals surface area contributed by atoms with Crippen molar-refractivity contribution >= 4 is 28.5 Å². The Bertz CT molecular complexity index is 888. The maximum atomic E-state index is 5.65. The van der Waals surface area contributed by atoms with Gasteiger partial charge in [0.25, 0.3) is 0 Å². The Kier molecular flexibility index (Phi) is 5.26. The number of hydrogen-bond acceptors (Lipinski definition) is 2. The number of hydrogen-bond donors (Lipinski definition) is 1. The first-order valence-electron chi connectivity index (χ1n) is 7.98. The molecular formula is C22H19NOS. The molecule has 0 aliphatic heterocycles. The van der Waals surface area contributed by atoms with Gasteiger partial charge < -0.3 is 10.1 Å². The Morgan fingerprint density at radius 1 is 0.880 bits per heavy atom. The normalized spacial score (nSPS) is 10.1. The number of rotatable bonds is 5. The third kappa shape index (κ3) is 3.95. The van der Waals surface area contributed by atoms with Crippen LogP contribution < -0.4 is 10.1 Å². The first-order chi connectivity index (χ1) is 12.2. The van der Waals surface area contributed by atoms with E-state index >= 15 is 0 Å². The van der Waals surface area contributed by atoms with E-state index in [0.717, 1.165) is 33.7 Å². The predicted octanol–water partition coefficient (Wildman–Crippen LogP) is 5.54. The Labute approximate surface area is 153 Å². The largest absolute Gasteiger partial charge is 0.497 e. The monoisotopic (exact) mass is 345 g/mol. The molecule has 3 heteroatoms. The highest BCUT2D eigenvalue weighted by atomic mass is 32.1. The lowest BCUT2D eigenvalue weighted by Gasteiger charge is -2.16. The van der Waals surface area contributed by atoms with E-state index in [2.05, 4.69) is 11.9 Å². The lowest BCUT2D eigenvalue weighted by molar-refractivity contribution is 0.414. The summed E-state index contributed by atoms with van der Waals surface area (Å²) in [5.74, 6) is 0.776. The lowest BCUT2D eigenvalue weighted by Crippen LogP contribution is -2.13. The van der Waals surface area contributed by atoms with Gasteiger partial charge in [-0.15, -0.1) is 0 Å². The van der Waals surface area contributed by atoms with Crippen LogP contribution in [0.1, 0.15) is 16.7 Å². The molecule has 0 saturated heterocycles. The zero-order valence-electron chi connectivity index (χ0n) is 14.0. The summed E-state index contributed by atoms with van der Waals surface area (Å²) in [5, 5.41) is 3.29. The summed E-state index contributed by atoms with van der Waals surface area (Å²) in [6.45, 7) is 4.28. The first kappa shape index (κ1) is 16.9. The molecule has 0 aliphatic rings. The van der Waals surface area contributed by atoms with E-state index in [-0.39, 0.29) is 0 Å². The molecule has 3 rings (SSSR count). The molecule has 0 aliphatic carbocycles. The fourth-order valence-corrected chi connectivity index (χ4v) is 2.91. The van der Waals surface area contributed by atoms with Gasteiger partial charge in [-0.05, 0) is 47.0 Å². The summed E-state index contributed by atoms with van der Waals surface area (Å²) < 4.78 is 5.39. The quantitative estimate of drug-likeness (QED) is 0.613. The topological polar surface area (TPSA) is 21.3 Å². The van der Waals surface area contributed by atoms with Crippen LogP contribution >= 0.6 is 12.2 Å². The SMILES string of the molecule is C=C(c1ccccc1)c1cc(OC)ccc1C(=S)Nc1ccccc1. The minimum Gasteiger partial charge on any atom is -0.497 e. The van der Waals surface area contributed by atoms with Gasteiger partial charge >= 0.3 is 0 Å². The third-order valence-electron chi connectivity index (χ3n) is 3.95. The second kappa shape index (κ2) is 7.77. The predicted molar refractivity (Wildman–Crippen MR) is 109 cm³/mol. The van der Waals surface area contributed by atoms with E-state index in [9.17, 15) is 0 Å². The molecule has 0 amide bonds. The molecule has 0 heterocycles. The molecule has 1 N–H and O–H groups in total. The van der Waals surface area contributed by atoms with E-state index in [1.54, 1.807) is 7.11 Å². The number of nitrogens with one attached hydrogen (secondary N) is 1. The molecule has 0 spiro atoms. The molecule has 0 radical (unpaired) electrons. The number of ether oxygens (including phenoxy) is 1. The van der Waals surface area contributed by atoms with Crippen molar-refractivity contribution in [3.8, 4) is 5.75 Å². The molecule has 0 atom stereocenters. The standard InChI is InChI=1S/C22H19NOS/c1-16(17-9-5-3-6-10-17)21-15-19(24-2)13-14-20(21)22(25)23-18-11-7-4-8-12-18/h3-15H,1H2,2H3,(H,23,25). The van der Waals surface area contributed by atoms with Crippen molar-refractivity contribution in [3.05, 3.63) is 102 Å². The summed E-state index contributed by atoms with van der Waals surface area (Å²) in [6, 6.07) is 25.8. The minimum atomic E-state index is 0.654. The fourth-order valence-electron chi connectivity index (χ4n) is 2.61. The average molecular weight is 345 g/mol. The average Bonchev–Trinajstić information content (AvgIpc) is 2.68. The van der Waals surface area contributed by atoms with Crippen molar-refractivity contribution < 1.29 is 4.74 Å². The van der Waals surface area contributed by atoms with Crippen molar-refractivity contribution in [2.75, 3.05) is 12.4 Å². The number of benzene rings is 3. The summed E-state index contributed by atoms with van der Waals surface area (Å²) in [5.41, 5.74) is 4.80. The Balaban J connectivity index is 1.99. The molecule has 25 heavy (non-hydrogen) atoms. The van der Waals surface area contributed by atoms with Crippen molar-refractivity contribution in [2.45, 2.75) is 0 Å². The zero-order valence-corrected chi connectivity index (χ0v) is 14.8. The van der Waals surface area contributed by atoms with E-state index in [0.29, 0.717) is 4.99 Å². The maximum Gasteiger partial charge on any atom is 0.119 e. The summed E-state index contributed by atoms with van der Waals surface area (Å²) >= 11 is 5.65. The molecule has 3 aromatic rings. The van der Waals surface area contributed by atoms with Crippen molar-refractivity contribution in [1.82, 2.24) is 0 Å². The van der Waals surface area contributed by atoms with Crippen LogP contribution in [0.15, 0.2) is 85.4 Å². The number of anilines is 1. The molecule has 0 aromatic heterocycles. The lowest BCUT2D eigenvalue weighted by atomic mass is 9.94. The van der Waals surface area contributed by atoms with Crippen LogP contribution in [-0.4, -0.2) is 12.1 Å². The third-order valence-corrected chi connectivity index (χ3v) is 4.27. The Morgan fingerprint density at radius 3 is 2.16 bits per heavy atom. The van der Waals surface area contributed by atoms with Gasteiger partial charge in [0, 0.05) is 11.3 Å². The second-order valence-electron chi connectivity index (χ2n) is 5.58. The van der Waals surface area contributed by atoms with Crippen molar-refractivity contribution in [3.63, 3.8) is 0 Å². The van der Waals surface area contributed by atoms with E-state index < -0.39 is 0 Å². The van der Waals surface area contributed by atoms with Gasteiger partial charge in [-0.2, -0.15) is 0 Å². The number of methoxy groups -OCH3 is 1. The van der Waals surface area contributed by atoms with Crippen LogP contribution in [0.25, 0.3) is 5.57 Å². The summed E-state index contributed by atoms with van der Waals surface area (Å²) in [7, 11) is 1.66. The first-order valence-corrected chi connectivity index (χ1v) is 8.39. The molecule has 3 aromatic carbocycles. The molecule has 0 unspecified atom stereocenters. The van der Waals surface area contributed by atoms with Crippen LogP contribution in [0.4, 0.5) is 5.69 Å². The van der Waals surface area contributed by atoms with Gasteiger partial charge in [0.15, 0.2) is 0 Å². The van der Waals surface area contributed by atoms with Gasteiger partial charge in [0.1, 0.15) is 10.7 Å². The van der Waals surface area contributed by atoms with E-state index in [4.69, 9.17) is 17.0 Å². The summed E-state index contributed by atoms with van der Waals surface area (Å²) in [4.78, 5) is 0.654. The fraction of sp³-hybridized carbons (Fsp3) is 0.0455. The van der Waals surface area contributed by atoms with Crippen LogP contribution in [0, 0.1) is 0 Å². The van der Waals surface area contributed by atoms with E-state index in [1.807, 2.05) is 78.9 Å². The van der Waals surface area contributed by atoms with Crippen molar-refractivity contribution in [2.24, 2.45) is 0 Å². The minimum absolute atomic E-state index is 0.654. The Hall–Kier alpha value is -2.91. The van der Waals surface area contributed by atoms with Gasteiger partial charge in [-0.1, -0.05) is 67.3 Å². The van der Waals surface area contributed by atoms with E-state index in [1.165, 1.54) is 0 Å². The molecule has 0 saturated carbocycles. The van der Waals surface area contributed by atoms with Crippen molar-refractivity contribution in [1.29, 1.82) is 0 Å². The van der Waals surface area contributed by atoms with Crippen LogP contribution in [0.3, 0.4) is 0 Å². The summed E-state index contributed by atoms with van der Waals surface area (Å²) in [6.07, 6.45) is 0. The van der Waals surface area contributed by atoms with Crippen LogP contribution in [0.2, 0.25) is 0 Å². The van der Waals surface area contributed by atoms with Gasteiger partial charge in [-0.25, -0.2) is 0 Å². The molecular weight excluding hydrogens is 326 g/mol. The number of thiocarbonyl (C=S) groups is 1. The highest BCUT2D eigenvalue weighted by Gasteiger charge is 2.13. The van der Waals surface area contributed by atoms with Gasteiger partial charge in [0.05, 0.1) is 7.11 Å². The smallest absolute Gasteiger partial charge is 0.119 e. The highest BCUT2D eigenvalue weighted by molar-refractivity contribution is 7.81. The molecule has 0 fully saturated rings. The molecule has 2 nitrogen and oxygen atoms in total. The molecule has 124 valence electrons. The number of para-hydroxylation sites is 1. The van der Waals surface area contributed by atoms with Gasteiger partial charge in [0.2, 0.25) is 0 Å². The molecule has 0 bridgehead atoms. The van der Waals surface area contributed by atoms with Gasteiger partial charge in [-0.3, -0.25) is 0 Å². The van der Waals surface area contributed by atoms with Crippen LogP contribution in [-0.2, 0) is 0 Å². The van der Waals surface area contributed by atoms with Crippen LogP contribution in [0.5, 0.6) is 5.75 Å². The highest BCUT2D eigenvalue weighted by Crippen LogP contribution is 2.29. The Morgan fingerprint density at radius 2 is 1.52 bits per heavy atom. The second-order valence-corrected chi connectivity index (χ2v) is 5.98.